The molecule has 6 nitrogen and oxygen atoms in total. The van der Waals surface area contributed by atoms with Gasteiger partial charge in [-0.2, -0.15) is 5.10 Å². The van der Waals surface area contributed by atoms with Crippen LogP contribution < -0.4 is 10.6 Å². The molecule has 1 atom stereocenters. The van der Waals surface area contributed by atoms with Crippen molar-refractivity contribution < 1.29 is 9.53 Å². The van der Waals surface area contributed by atoms with Crippen molar-refractivity contribution in [3.8, 4) is 0 Å². The van der Waals surface area contributed by atoms with Gasteiger partial charge in [0, 0.05) is 13.1 Å². The number of rotatable bonds is 4. The number of carbonyl (C=O) groups excluding carboxylic acids is 1. The largest absolute Gasteiger partial charge is 0.465 e. The molecular weight excluding hydrogens is 256 g/mol. The minimum atomic E-state index is -0.390. The van der Waals surface area contributed by atoms with Gasteiger partial charge in [-0.05, 0) is 38.5 Å². The molecule has 110 valence electrons. The van der Waals surface area contributed by atoms with Crippen LogP contribution in [-0.2, 0) is 4.74 Å². The summed E-state index contributed by atoms with van der Waals surface area (Å²) < 4.78 is 6.70. The van der Waals surface area contributed by atoms with E-state index in [1.807, 2.05) is 4.68 Å². The minimum Gasteiger partial charge on any atom is -0.465 e. The fourth-order valence-electron chi connectivity index (χ4n) is 2.97. The Morgan fingerprint density at radius 3 is 2.60 bits per heavy atom. The molecule has 2 heterocycles. The molecule has 0 bridgehead atoms. The van der Waals surface area contributed by atoms with Crippen molar-refractivity contribution in [3.63, 3.8) is 0 Å². The van der Waals surface area contributed by atoms with E-state index in [9.17, 15) is 4.79 Å². The second-order valence-corrected chi connectivity index (χ2v) is 5.79. The average Bonchev–Trinajstić information content (AvgIpc) is 3.04. The fraction of sp³-hybridized carbons (Fsp3) is 0.714. The van der Waals surface area contributed by atoms with Crippen LogP contribution in [0.4, 0.5) is 11.6 Å². The Hall–Kier alpha value is -1.72. The van der Waals surface area contributed by atoms with Gasteiger partial charge in [-0.15, -0.1) is 0 Å². The summed E-state index contributed by atoms with van der Waals surface area (Å²) in [5.41, 5.74) is 6.62. The predicted molar refractivity (Wildman–Crippen MR) is 76.9 cm³/mol. The number of carbonyl (C=O) groups is 1. The van der Waals surface area contributed by atoms with E-state index in [0.29, 0.717) is 23.1 Å². The highest BCUT2D eigenvalue weighted by atomic mass is 16.5. The van der Waals surface area contributed by atoms with Crippen molar-refractivity contribution >= 4 is 17.6 Å². The highest BCUT2D eigenvalue weighted by Crippen LogP contribution is 2.41. The van der Waals surface area contributed by atoms with Crippen molar-refractivity contribution in [3.05, 3.63) is 5.56 Å². The molecule has 2 aliphatic rings. The number of nitrogens with zero attached hydrogens (tertiary/aromatic N) is 3. The lowest BCUT2D eigenvalue weighted by atomic mass is 10.2. The lowest BCUT2D eigenvalue weighted by Gasteiger charge is -2.15. The molecule has 2 N–H and O–H groups in total. The molecule has 20 heavy (non-hydrogen) atoms. The summed E-state index contributed by atoms with van der Waals surface area (Å²) in [6.45, 7) is 3.98. The highest BCUT2D eigenvalue weighted by molar-refractivity contribution is 5.99. The predicted octanol–water partition coefficient (Wildman–Crippen LogP) is 1.82. The van der Waals surface area contributed by atoms with Crippen molar-refractivity contribution in [2.45, 2.75) is 38.6 Å². The second kappa shape index (κ2) is 5.00. The summed E-state index contributed by atoms with van der Waals surface area (Å²) in [5, 5.41) is 4.64. The number of aromatic nitrogens is 2. The number of hydrogen-bond donors (Lipinski definition) is 1. The van der Waals surface area contributed by atoms with Crippen molar-refractivity contribution in [2.24, 2.45) is 5.92 Å². The first kappa shape index (κ1) is 13.3. The normalized spacial score (nSPS) is 20.2. The number of nitrogen functional groups attached to an aromatic ring is 1. The molecule has 0 aromatic carbocycles. The minimum absolute atomic E-state index is 0.245. The van der Waals surface area contributed by atoms with Crippen LogP contribution in [0.3, 0.4) is 0 Å². The Bertz CT molecular complexity index is 515. The smallest absolute Gasteiger partial charge is 0.345 e. The van der Waals surface area contributed by atoms with Crippen LogP contribution in [0.15, 0.2) is 0 Å². The summed E-state index contributed by atoms with van der Waals surface area (Å²) in [5.74, 6) is 1.38. The van der Waals surface area contributed by atoms with Gasteiger partial charge < -0.3 is 15.4 Å². The molecule has 3 rings (SSSR count). The second-order valence-electron chi connectivity index (χ2n) is 5.79. The summed E-state index contributed by atoms with van der Waals surface area (Å²) in [7, 11) is 1.39. The van der Waals surface area contributed by atoms with E-state index in [-0.39, 0.29) is 6.04 Å². The molecule has 1 aromatic heterocycles. The van der Waals surface area contributed by atoms with Gasteiger partial charge >= 0.3 is 5.97 Å². The molecule has 1 saturated heterocycles. The zero-order valence-corrected chi connectivity index (χ0v) is 12.1. The summed E-state index contributed by atoms with van der Waals surface area (Å²) in [6, 6.07) is 0.245. The maximum atomic E-state index is 12.1. The number of anilines is 2. The number of ether oxygens (including phenoxy) is 1. The van der Waals surface area contributed by atoms with E-state index in [1.54, 1.807) is 0 Å². The topological polar surface area (TPSA) is 73.4 Å². The number of esters is 1. The third-order valence-corrected chi connectivity index (χ3v) is 4.41. The van der Waals surface area contributed by atoms with Crippen LogP contribution in [0, 0.1) is 5.92 Å². The average molecular weight is 278 g/mol. The summed E-state index contributed by atoms with van der Waals surface area (Å²) in [6.07, 6.45) is 4.69. The Kier molecular flexibility index (Phi) is 3.31. The Morgan fingerprint density at radius 2 is 2.05 bits per heavy atom. The van der Waals surface area contributed by atoms with Crippen molar-refractivity contribution in [1.29, 1.82) is 0 Å². The first-order valence-corrected chi connectivity index (χ1v) is 7.34. The van der Waals surface area contributed by atoms with E-state index in [2.05, 4.69) is 16.9 Å². The van der Waals surface area contributed by atoms with E-state index < -0.39 is 5.97 Å². The maximum absolute atomic E-state index is 12.1. The summed E-state index contributed by atoms with van der Waals surface area (Å²) >= 11 is 0. The van der Waals surface area contributed by atoms with Gasteiger partial charge in [-0.25, -0.2) is 9.48 Å². The lowest BCUT2D eigenvalue weighted by molar-refractivity contribution is 0.0602. The van der Waals surface area contributed by atoms with Crippen LogP contribution in [0.2, 0.25) is 0 Å². The van der Waals surface area contributed by atoms with E-state index in [0.717, 1.165) is 25.9 Å². The SMILES string of the molecule is COC(=O)c1c(N2CCCC2)nn(C(C)C2CC2)c1N. The molecule has 6 heteroatoms. The van der Waals surface area contributed by atoms with E-state index >= 15 is 0 Å². The molecule has 1 aliphatic heterocycles. The van der Waals surface area contributed by atoms with Gasteiger partial charge in [-0.3, -0.25) is 0 Å². The van der Waals surface area contributed by atoms with E-state index in [4.69, 9.17) is 10.5 Å². The quantitative estimate of drug-likeness (QED) is 0.850. The zero-order valence-electron chi connectivity index (χ0n) is 12.1. The Morgan fingerprint density at radius 1 is 1.40 bits per heavy atom. The van der Waals surface area contributed by atoms with Crippen LogP contribution in [0.25, 0.3) is 0 Å². The zero-order chi connectivity index (χ0) is 14.3. The maximum Gasteiger partial charge on any atom is 0.345 e. The number of methoxy groups -OCH3 is 1. The molecule has 1 aliphatic carbocycles. The molecule has 1 saturated carbocycles. The van der Waals surface area contributed by atoms with E-state index in [1.165, 1.54) is 20.0 Å². The lowest BCUT2D eigenvalue weighted by Crippen LogP contribution is -2.21. The number of nitrogens with two attached hydrogens (primary N) is 1. The van der Waals surface area contributed by atoms with Crippen LogP contribution in [-0.4, -0.2) is 35.9 Å². The first-order valence-electron chi connectivity index (χ1n) is 7.34. The monoisotopic (exact) mass is 278 g/mol. The molecule has 0 radical (unpaired) electrons. The summed E-state index contributed by atoms with van der Waals surface area (Å²) in [4.78, 5) is 14.2. The highest BCUT2D eigenvalue weighted by Gasteiger charge is 2.35. The molecular formula is C14H22N4O2. The molecule has 0 amide bonds. The molecule has 2 fully saturated rings. The standard InChI is InChI=1S/C14H22N4O2/c1-9(10-5-6-10)18-12(15)11(14(19)20-2)13(16-18)17-7-3-4-8-17/h9-10H,3-8,15H2,1-2H3. The fourth-order valence-corrected chi connectivity index (χ4v) is 2.97. The first-order chi connectivity index (χ1) is 9.63. The van der Waals surface area contributed by atoms with Gasteiger partial charge in [0.1, 0.15) is 11.4 Å². The van der Waals surface area contributed by atoms with Gasteiger partial charge in [0.05, 0.1) is 13.2 Å². The molecule has 1 aromatic rings. The Balaban J connectivity index is 2.01. The van der Waals surface area contributed by atoms with Crippen LogP contribution in [0.1, 0.15) is 49.0 Å². The molecule has 0 spiro atoms. The third kappa shape index (κ3) is 2.13. The van der Waals surface area contributed by atoms with Gasteiger partial charge in [0.2, 0.25) is 0 Å². The van der Waals surface area contributed by atoms with Crippen LogP contribution >= 0.6 is 0 Å². The van der Waals surface area contributed by atoms with Crippen LogP contribution in [0.5, 0.6) is 0 Å². The number of hydrogen-bond acceptors (Lipinski definition) is 5. The van der Waals surface area contributed by atoms with Gasteiger partial charge in [-0.1, -0.05) is 0 Å². The third-order valence-electron chi connectivity index (χ3n) is 4.41. The van der Waals surface area contributed by atoms with Crippen molar-refractivity contribution in [1.82, 2.24) is 9.78 Å². The van der Waals surface area contributed by atoms with Gasteiger partial charge in [0.25, 0.3) is 0 Å². The van der Waals surface area contributed by atoms with Gasteiger partial charge in [0.15, 0.2) is 5.82 Å². The molecule has 1 unspecified atom stereocenters. The Labute approximate surface area is 118 Å². The van der Waals surface area contributed by atoms with Crippen molar-refractivity contribution in [2.75, 3.05) is 30.8 Å².